The molecule has 0 amide bonds. The van der Waals surface area contributed by atoms with E-state index in [1.54, 1.807) is 6.92 Å². The number of rotatable bonds is 6. The maximum atomic E-state index is 12.7. The number of carbonyl (C=O) groups excluding carboxylic acids is 1. The summed E-state index contributed by atoms with van der Waals surface area (Å²) >= 11 is 6.19. The molecule has 0 saturated heterocycles. The number of aromatic nitrogens is 3. The number of hydrogen-bond donors (Lipinski definition) is 0. The molecule has 0 spiro atoms. The highest BCUT2D eigenvalue weighted by atomic mass is 35.5. The number of fused-ring (bicyclic) bond motifs is 1. The van der Waals surface area contributed by atoms with Gasteiger partial charge in [0.2, 0.25) is 6.39 Å². The second kappa shape index (κ2) is 7.97. The molecule has 0 N–H and O–H groups in total. The largest absolute Gasteiger partial charge is 0.484 e. The number of carbonyl (C=O) groups is 1. The number of ether oxygens (including phenoxy) is 2. The Labute approximate surface area is 171 Å². The van der Waals surface area contributed by atoms with Gasteiger partial charge in [-0.3, -0.25) is 0 Å². The van der Waals surface area contributed by atoms with E-state index in [4.69, 9.17) is 25.5 Å². The highest BCUT2D eigenvalue weighted by Gasteiger charge is 2.22. The van der Waals surface area contributed by atoms with Crippen molar-refractivity contribution >= 4 is 28.5 Å². The molecule has 0 bridgehead atoms. The molecule has 0 unspecified atom stereocenters. The van der Waals surface area contributed by atoms with Gasteiger partial charge in [-0.15, -0.1) is 10.2 Å². The van der Waals surface area contributed by atoms with E-state index in [-0.39, 0.29) is 19.2 Å². The predicted molar refractivity (Wildman–Crippen MR) is 108 cm³/mol. The van der Waals surface area contributed by atoms with Crippen LogP contribution in [0.1, 0.15) is 28.9 Å². The van der Waals surface area contributed by atoms with Crippen LogP contribution < -0.4 is 4.74 Å². The SMILES string of the molecule is CCOC(=O)c1c(C)n(-c2cccc(Cl)c2)c2ccc(OCc3nnco3)cc12. The van der Waals surface area contributed by atoms with Crippen LogP contribution in [0.4, 0.5) is 0 Å². The van der Waals surface area contributed by atoms with Crippen molar-refractivity contribution in [1.29, 1.82) is 0 Å². The van der Waals surface area contributed by atoms with Gasteiger partial charge in [0.25, 0.3) is 5.89 Å². The minimum Gasteiger partial charge on any atom is -0.484 e. The molecule has 0 atom stereocenters. The molecule has 7 nitrogen and oxygen atoms in total. The number of esters is 1. The van der Waals surface area contributed by atoms with Crippen LogP contribution in [0.3, 0.4) is 0 Å². The lowest BCUT2D eigenvalue weighted by molar-refractivity contribution is 0.0527. The zero-order valence-corrected chi connectivity index (χ0v) is 16.6. The van der Waals surface area contributed by atoms with Crippen molar-refractivity contribution in [2.75, 3.05) is 6.61 Å². The molecule has 2 aromatic carbocycles. The molecule has 8 heteroatoms. The fraction of sp³-hybridized carbons (Fsp3) is 0.190. The summed E-state index contributed by atoms with van der Waals surface area (Å²) < 4.78 is 18.1. The Kier molecular flexibility index (Phi) is 5.22. The van der Waals surface area contributed by atoms with Crippen LogP contribution in [-0.2, 0) is 11.3 Å². The molecule has 0 aliphatic heterocycles. The van der Waals surface area contributed by atoms with E-state index in [1.807, 2.05) is 54.0 Å². The lowest BCUT2D eigenvalue weighted by Gasteiger charge is -2.09. The van der Waals surface area contributed by atoms with E-state index in [2.05, 4.69) is 10.2 Å². The van der Waals surface area contributed by atoms with E-state index < -0.39 is 0 Å². The summed E-state index contributed by atoms with van der Waals surface area (Å²) in [7, 11) is 0. The molecule has 0 aliphatic carbocycles. The van der Waals surface area contributed by atoms with Crippen LogP contribution in [0.5, 0.6) is 5.75 Å². The van der Waals surface area contributed by atoms with Crippen molar-refractivity contribution in [3.8, 4) is 11.4 Å². The summed E-state index contributed by atoms with van der Waals surface area (Å²) in [6.07, 6.45) is 1.25. The molecular weight excluding hydrogens is 394 g/mol. The summed E-state index contributed by atoms with van der Waals surface area (Å²) in [5.41, 5.74) is 2.95. The molecule has 4 rings (SSSR count). The first-order chi connectivity index (χ1) is 14.1. The van der Waals surface area contributed by atoms with Gasteiger partial charge in [0.05, 0.1) is 17.7 Å². The molecule has 0 fully saturated rings. The monoisotopic (exact) mass is 411 g/mol. The molecule has 4 aromatic rings. The Hall–Kier alpha value is -3.32. The van der Waals surface area contributed by atoms with Crippen LogP contribution >= 0.6 is 11.6 Å². The number of hydrogen-bond acceptors (Lipinski definition) is 6. The maximum Gasteiger partial charge on any atom is 0.340 e. The first-order valence-electron chi connectivity index (χ1n) is 9.04. The molecule has 29 heavy (non-hydrogen) atoms. The average Bonchev–Trinajstić information content (AvgIpc) is 3.31. The molecule has 0 saturated carbocycles. The minimum absolute atomic E-state index is 0.133. The fourth-order valence-corrected chi connectivity index (χ4v) is 3.48. The van der Waals surface area contributed by atoms with Crippen LogP contribution in [0.25, 0.3) is 16.6 Å². The Morgan fingerprint density at radius 3 is 2.83 bits per heavy atom. The standard InChI is InChI=1S/C21H18ClN3O4/c1-3-27-21(26)20-13(2)25(15-6-4-5-14(22)9-15)18-8-7-16(10-17(18)20)28-11-19-24-23-12-29-19/h4-10,12H,3,11H2,1-2H3. The highest BCUT2D eigenvalue weighted by molar-refractivity contribution is 6.30. The average molecular weight is 412 g/mol. The van der Waals surface area contributed by atoms with Gasteiger partial charge in [0.1, 0.15) is 5.75 Å². The van der Waals surface area contributed by atoms with Gasteiger partial charge in [-0.25, -0.2) is 4.79 Å². The number of halogens is 1. The van der Waals surface area contributed by atoms with Crippen molar-refractivity contribution in [1.82, 2.24) is 14.8 Å². The van der Waals surface area contributed by atoms with Crippen LogP contribution in [-0.4, -0.2) is 27.3 Å². The molecule has 148 valence electrons. The second-order valence-corrected chi connectivity index (χ2v) is 6.73. The van der Waals surface area contributed by atoms with Crippen LogP contribution in [0.2, 0.25) is 5.02 Å². The van der Waals surface area contributed by atoms with Crippen molar-refractivity contribution in [2.24, 2.45) is 0 Å². The van der Waals surface area contributed by atoms with Crippen LogP contribution in [0.15, 0.2) is 53.3 Å². The third-order valence-corrected chi connectivity index (χ3v) is 4.72. The second-order valence-electron chi connectivity index (χ2n) is 6.30. The van der Waals surface area contributed by atoms with Crippen LogP contribution in [0, 0.1) is 6.92 Å². The van der Waals surface area contributed by atoms with Gasteiger partial charge in [-0.2, -0.15) is 0 Å². The van der Waals surface area contributed by atoms with E-state index >= 15 is 0 Å². The Morgan fingerprint density at radius 1 is 1.24 bits per heavy atom. The molecule has 0 radical (unpaired) electrons. The van der Waals surface area contributed by atoms with E-state index in [1.165, 1.54) is 6.39 Å². The smallest absolute Gasteiger partial charge is 0.340 e. The van der Waals surface area contributed by atoms with E-state index in [0.29, 0.717) is 22.2 Å². The zero-order valence-electron chi connectivity index (χ0n) is 15.9. The van der Waals surface area contributed by atoms with Gasteiger partial charge in [0.15, 0.2) is 6.61 Å². The van der Waals surface area contributed by atoms with Gasteiger partial charge in [-0.05, 0) is 50.2 Å². The minimum atomic E-state index is -0.384. The van der Waals surface area contributed by atoms with Crippen molar-refractivity contribution in [3.05, 3.63) is 71.0 Å². The Morgan fingerprint density at radius 2 is 2.10 bits per heavy atom. The quantitative estimate of drug-likeness (QED) is 0.427. The Bertz CT molecular complexity index is 1170. The highest BCUT2D eigenvalue weighted by Crippen LogP contribution is 2.33. The number of nitrogens with zero attached hydrogens (tertiary/aromatic N) is 3. The summed E-state index contributed by atoms with van der Waals surface area (Å²) in [6.45, 7) is 4.08. The molecular formula is C21H18ClN3O4. The lowest BCUT2D eigenvalue weighted by Crippen LogP contribution is -2.07. The topological polar surface area (TPSA) is 79.4 Å². The summed E-state index contributed by atoms with van der Waals surface area (Å²) in [4.78, 5) is 12.7. The first-order valence-corrected chi connectivity index (χ1v) is 9.42. The zero-order chi connectivity index (χ0) is 20.4. The Balaban J connectivity index is 1.83. The third-order valence-electron chi connectivity index (χ3n) is 4.49. The van der Waals surface area contributed by atoms with Crippen molar-refractivity contribution < 1.29 is 18.7 Å². The molecule has 2 heterocycles. The van der Waals surface area contributed by atoms with E-state index in [0.717, 1.165) is 22.3 Å². The predicted octanol–water partition coefficient (Wildman–Crippen LogP) is 4.73. The summed E-state index contributed by atoms with van der Waals surface area (Å²) in [5, 5.41) is 8.76. The van der Waals surface area contributed by atoms with E-state index in [9.17, 15) is 4.79 Å². The van der Waals surface area contributed by atoms with Gasteiger partial charge in [0, 0.05) is 21.8 Å². The van der Waals surface area contributed by atoms with Gasteiger partial charge >= 0.3 is 5.97 Å². The summed E-state index contributed by atoms with van der Waals surface area (Å²) in [5.74, 6) is 0.553. The third kappa shape index (κ3) is 3.69. The van der Waals surface area contributed by atoms with Crippen molar-refractivity contribution in [2.45, 2.75) is 20.5 Å². The normalized spacial score (nSPS) is 11.0. The molecule has 2 aromatic heterocycles. The van der Waals surface area contributed by atoms with Crippen molar-refractivity contribution in [3.63, 3.8) is 0 Å². The van der Waals surface area contributed by atoms with Gasteiger partial charge < -0.3 is 18.5 Å². The lowest BCUT2D eigenvalue weighted by atomic mass is 10.1. The van der Waals surface area contributed by atoms with Gasteiger partial charge in [-0.1, -0.05) is 17.7 Å². The fourth-order valence-electron chi connectivity index (χ4n) is 3.30. The molecule has 0 aliphatic rings. The maximum absolute atomic E-state index is 12.7. The summed E-state index contributed by atoms with van der Waals surface area (Å²) in [6, 6.07) is 13.0. The number of benzene rings is 2. The first kappa shape index (κ1) is 19.0.